The Hall–Kier alpha value is -3.38. The third-order valence-electron chi connectivity index (χ3n) is 8.32. The van der Waals surface area contributed by atoms with Gasteiger partial charge in [0.05, 0.1) is 10.7 Å². The molecule has 4 fully saturated rings. The first-order valence-electron chi connectivity index (χ1n) is 12.6. The Balaban J connectivity index is 1.15. The number of carboxylic acid groups (broad SMARTS) is 1. The third kappa shape index (κ3) is 4.24. The second-order valence-electron chi connectivity index (χ2n) is 10.8. The van der Waals surface area contributed by atoms with Crippen LogP contribution in [0, 0.1) is 17.8 Å². The molecule has 0 spiro atoms. The molecule has 3 N–H and O–H groups in total. The van der Waals surface area contributed by atoms with Crippen LogP contribution in [0.5, 0.6) is 0 Å². The number of carboxylic acids is 1. The maximum absolute atomic E-state index is 12.9. The topological polar surface area (TPSA) is 91.3 Å². The molecule has 7 rings (SSSR count). The highest BCUT2D eigenvalue weighted by atomic mass is 35.5. The normalized spacial score (nSPS) is 26.0. The summed E-state index contributed by atoms with van der Waals surface area (Å²) in [4.78, 5) is 28.4. The van der Waals surface area contributed by atoms with Crippen molar-refractivity contribution in [1.82, 2.24) is 4.98 Å². The van der Waals surface area contributed by atoms with Crippen molar-refractivity contribution in [2.24, 2.45) is 17.8 Å². The molecule has 4 saturated carbocycles. The molecule has 0 aliphatic heterocycles. The van der Waals surface area contributed by atoms with Gasteiger partial charge in [-0.2, -0.15) is 0 Å². The van der Waals surface area contributed by atoms with Gasteiger partial charge in [-0.15, -0.1) is 0 Å². The lowest BCUT2D eigenvalue weighted by Gasteiger charge is -2.57. The second-order valence-corrected chi connectivity index (χ2v) is 11.2. The Bertz CT molecular complexity index is 1300. The van der Waals surface area contributed by atoms with Crippen molar-refractivity contribution in [3.63, 3.8) is 0 Å². The molecule has 1 heterocycles. The maximum Gasteiger partial charge on any atom is 0.339 e. The molecule has 4 aliphatic rings. The molecular weight excluding hydrogens is 474 g/mol. The minimum atomic E-state index is -1.06. The fourth-order valence-corrected chi connectivity index (χ4v) is 7.35. The average molecular weight is 502 g/mol. The van der Waals surface area contributed by atoms with E-state index in [1.807, 2.05) is 6.07 Å². The summed E-state index contributed by atoms with van der Waals surface area (Å²) in [6.45, 7) is 0. The Labute approximate surface area is 215 Å². The fourth-order valence-electron chi connectivity index (χ4n) is 7.12. The highest BCUT2D eigenvalue weighted by Gasteiger charge is 2.51. The summed E-state index contributed by atoms with van der Waals surface area (Å²) in [6.07, 6.45) is 9.54. The Morgan fingerprint density at radius 3 is 2.22 bits per heavy atom. The molecule has 0 radical (unpaired) electrons. The fraction of sp³-hybridized carbons (Fsp3) is 0.345. The summed E-state index contributed by atoms with van der Waals surface area (Å²) >= 11 is 6.68. The number of rotatable bonds is 6. The number of hydrogen-bond donors (Lipinski definition) is 3. The summed E-state index contributed by atoms with van der Waals surface area (Å²) < 4.78 is 0. The summed E-state index contributed by atoms with van der Waals surface area (Å²) in [6, 6.07) is 16.0. The molecule has 0 atom stereocenters. The smallest absolute Gasteiger partial charge is 0.339 e. The van der Waals surface area contributed by atoms with Gasteiger partial charge in [-0.05, 0) is 116 Å². The van der Waals surface area contributed by atoms with Gasteiger partial charge in [0.25, 0.3) is 5.91 Å². The number of nitrogens with zero attached hydrogens (tertiary/aromatic N) is 1. The van der Waals surface area contributed by atoms with Crippen LogP contribution in [-0.4, -0.2) is 22.0 Å². The SMILES string of the molecule is O=C(Nc1ccc(C23CC4CC(CC(C4)C2)C3)cc1Cl)c1ccc(Nc2ncccc2C(=O)O)cc1. The van der Waals surface area contributed by atoms with Crippen molar-refractivity contribution in [3.05, 3.63) is 82.5 Å². The lowest BCUT2D eigenvalue weighted by molar-refractivity contribution is -0.00518. The van der Waals surface area contributed by atoms with Gasteiger partial charge in [0.15, 0.2) is 0 Å². The van der Waals surface area contributed by atoms with Crippen LogP contribution in [0.1, 0.15) is 64.8 Å². The van der Waals surface area contributed by atoms with Crippen LogP contribution in [0.25, 0.3) is 0 Å². The highest BCUT2D eigenvalue weighted by Crippen LogP contribution is 2.61. The first-order chi connectivity index (χ1) is 17.4. The Kier molecular flexibility index (Phi) is 5.72. The number of carbonyl (C=O) groups is 2. The van der Waals surface area contributed by atoms with Crippen molar-refractivity contribution < 1.29 is 14.7 Å². The number of hydrogen-bond acceptors (Lipinski definition) is 4. The molecule has 0 unspecified atom stereocenters. The number of amides is 1. The third-order valence-corrected chi connectivity index (χ3v) is 8.63. The molecule has 0 saturated heterocycles. The zero-order valence-corrected chi connectivity index (χ0v) is 20.6. The van der Waals surface area contributed by atoms with E-state index in [1.165, 1.54) is 56.4 Å². The van der Waals surface area contributed by atoms with Crippen LogP contribution in [0.4, 0.5) is 17.2 Å². The Morgan fingerprint density at radius 1 is 0.944 bits per heavy atom. The molecule has 1 amide bonds. The zero-order valence-electron chi connectivity index (χ0n) is 19.8. The van der Waals surface area contributed by atoms with E-state index in [0.29, 0.717) is 22.0 Å². The van der Waals surface area contributed by atoms with Gasteiger partial charge in [-0.25, -0.2) is 9.78 Å². The van der Waals surface area contributed by atoms with Gasteiger partial charge in [0.1, 0.15) is 11.4 Å². The molecule has 184 valence electrons. The first kappa shape index (κ1) is 23.0. The standard InChI is InChI=1S/C29H28ClN3O3/c30-24-13-21(29-14-17-10-18(15-29)12-19(11-17)16-29)5-8-25(24)33-27(34)20-3-6-22(7-4-20)32-26-23(28(35)36)2-1-9-31-26/h1-9,13,17-19H,10-12,14-16H2,(H,31,32)(H,33,34)(H,35,36). The molecule has 3 aromatic rings. The average Bonchev–Trinajstić information content (AvgIpc) is 2.85. The summed E-state index contributed by atoms with van der Waals surface area (Å²) in [5.41, 5.74) is 3.38. The largest absolute Gasteiger partial charge is 0.478 e. The van der Waals surface area contributed by atoms with E-state index in [-0.39, 0.29) is 22.7 Å². The lowest BCUT2D eigenvalue weighted by Crippen LogP contribution is -2.48. The number of carbonyl (C=O) groups excluding carboxylic acids is 1. The van der Waals surface area contributed by atoms with Crippen molar-refractivity contribution in [3.8, 4) is 0 Å². The van der Waals surface area contributed by atoms with Gasteiger partial charge < -0.3 is 15.7 Å². The number of aromatic carboxylic acids is 1. The van der Waals surface area contributed by atoms with Gasteiger partial charge in [-0.1, -0.05) is 17.7 Å². The molecular formula is C29H28ClN3O3. The van der Waals surface area contributed by atoms with Crippen LogP contribution in [0.3, 0.4) is 0 Å². The summed E-state index contributed by atoms with van der Waals surface area (Å²) in [5, 5.41) is 15.8. The number of anilines is 3. The van der Waals surface area contributed by atoms with E-state index in [1.54, 1.807) is 30.3 Å². The van der Waals surface area contributed by atoms with Crippen molar-refractivity contribution >= 4 is 40.7 Å². The number of halogens is 1. The van der Waals surface area contributed by atoms with E-state index < -0.39 is 5.97 Å². The van der Waals surface area contributed by atoms with E-state index in [4.69, 9.17) is 11.6 Å². The van der Waals surface area contributed by atoms with Crippen LogP contribution in [-0.2, 0) is 5.41 Å². The van der Waals surface area contributed by atoms with Gasteiger partial charge in [0, 0.05) is 17.4 Å². The minimum Gasteiger partial charge on any atom is -0.478 e. The summed E-state index contributed by atoms with van der Waals surface area (Å²) in [7, 11) is 0. The Morgan fingerprint density at radius 2 is 1.61 bits per heavy atom. The lowest BCUT2D eigenvalue weighted by atomic mass is 9.48. The van der Waals surface area contributed by atoms with Gasteiger partial charge in [-0.3, -0.25) is 4.79 Å². The van der Waals surface area contributed by atoms with E-state index in [0.717, 1.165) is 17.8 Å². The van der Waals surface area contributed by atoms with E-state index in [2.05, 4.69) is 27.8 Å². The molecule has 7 heteroatoms. The molecule has 4 bridgehead atoms. The van der Waals surface area contributed by atoms with Crippen LogP contribution in [0.15, 0.2) is 60.8 Å². The van der Waals surface area contributed by atoms with Crippen LogP contribution < -0.4 is 10.6 Å². The van der Waals surface area contributed by atoms with Crippen LogP contribution in [0.2, 0.25) is 5.02 Å². The quantitative estimate of drug-likeness (QED) is 0.342. The summed E-state index contributed by atoms with van der Waals surface area (Å²) in [5.74, 6) is 1.51. The highest BCUT2D eigenvalue weighted by molar-refractivity contribution is 6.34. The minimum absolute atomic E-state index is 0.0750. The molecule has 6 nitrogen and oxygen atoms in total. The molecule has 36 heavy (non-hydrogen) atoms. The van der Waals surface area contributed by atoms with E-state index >= 15 is 0 Å². The maximum atomic E-state index is 12.9. The zero-order chi connectivity index (χ0) is 24.9. The van der Waals surface area contributed by atoms with Crippen molar-refractivity contribution in [1.29, 1.82) is 0 Å². The molecule has 4 aliphatic carbocycles. The monoisotopic (exact) mass is 501 g/mol. The first-order valence-corrected chi connectivity index (χ1v) is 12.9. The predicted molar refractivity (Wildman–Crippen MR) is 140 cm³/mol. The number of aromatic nitrogens is 1. The second kappa shape index (κ2) is 8.93. The molecule has 2 aromatic carbocycles. The predicted octanol–water partition coefficient (Wildman–Crippen LogP) is 6.90. The van der Waals surface area contributed by atoms with Crippen molar-refractivity contribution in [2.45, 2.75) is 43.9 Å². The number of pyridine rings is 1. The van der Waals surface area contributed by atoms with Crippen molar-refractivity contribution in [2.75, 3.05) is 10.6 Å². The van der Waals surface area contributed by atoms with Crippen LogP contribution >= 0.6 is 11.6 Å². The number of nitrogens with one attached hydrogen (secondary N) is 2. The van der Waals surface area contributed by atoms with E-state index in [9.17, 15) is 14.7 Å². The van der Waals surface area contributed by atoms with Gasteiger partial charge in [0.2, 0.25) is 0 Å². The molecule has 1 aromatic heterocycles. The van der Waals surface area contributed by atoms with Gasteiger partial charge >= 0.3 is 5.97 Å². The number of benzene rings is 2.